The van der Waals surface area contributed by atoms with E-state index in [1.54, 1.807) is 31.2 Å². The summed E-state index contributed by atoms with van der Waals surface area (Å²) in [6.07, 6.45) is 4.78. The quantitative estimate of drug-likeness (QED) is 0.384. The van der Waals surface area contributed by atoms with Crippen LogP contribution in [0, 0.1) is 17.8 Å². The van der Waals surface area contributed by atoms with Crippen molar-refractivity contribution in [3.63, 3.8) is 0 Å². The number of hydrogen-bond donors (Lipinski definition) is 1. The van der Waals surface area contributed by atoms with Crippen molar-refractivity contribution in [2.75, 3.05) is 4.90 Å². The van der Waals surface area contributed by atoms with E-state index in [2.05, 4.69) is 0 Å². The van der Waals surface area contributed by atoms with Gasteiger partial charge in [-0.2, -0.15) is 0 Å². The molecule has 1 N–H and O–H groups in total. The van der Waals surface area contributed by atoms with Gasteiger partial charge in [0, 0.05) is 28.2 Å². The average Bonchev–Trinajstić information content (AvgIpc) is 3.16. The van der Waals surface area contributed by atoms with Gasteiger partial charge in [0.25, 0.3) is 0 Å². The van der Waals surface area contributed by atoms with Crippen LogP contribution in [0.5, 0.6) is 5.75 Å². The fraction of sp³-hybridized carbons (Fsp3) is 0.290. The van der Waals surface area contributed by atoms with E-state index in [0.29, 0.717) is 34.4 Å². The third-order valence-electron chi connectivity index (χ3n) is 8.41. The molecule has 2 aromatic carbocycles. The number of aromatic hydroxyl groups is 1. The number of para-hydroxylation sites is 1. The first-order valence-electron chi connectivity index (χ1n) is 12.8. The Balaban J connectivity index is 1.47. The van der Waals surface area contributed by atoms with Crippen molar-refractivity contribution in [3.8, 4) is 5.75 Å². The van der Waals surface area contributed by atoms with E-state index in [0.717, 1.165) is 17.6 Å². The van der Waals surface area contributed by atoms with Gasteiger partial charge in [0.15, 0.2) is 11.6 Å². The predicted octanol–water partition coefficient (Wildman–Crippen LogP) is 4.59. The summed E-state index contributed by atoms with van der Waals surface area (Å²) in [6, 6.07) is 14.3. The van der Waals surface area contributed by atoms with E-state index in [4.69, 9.17) is 0 Å². The van der Waals surface area contributed by atoms with Crippen molar-refractivity contribution in [2.24, 2.45) is 17.8 Å². The van der Waals surface area contributed by atoms with E-state index < -0.39 is 23.7 Å². The lowest BCUT2D eigenvalue weighted by Gasteiger charge is -2.42. The van der Waals surface area contributed by atoms with Crippen LogP contribution >= 0.6 is 0 Å². The van der Waals surface area contributed by atoms with Crippen LogP contribution in [0.15, 0.2) is 83.0 Å². The highest BCUT2D eigenvalue weighted by Gasteiger charge is 2.56. The molecule has 2 amide bonds. The van der Waals surface area contributed by atoms with Gasteiger partial charge in [-0.15, -0.1) is 0 Å². The third kappa shape index (κ3) is 3.39. The number of nitrogens with zero attached hydrogens (tertiary/aromatic N) is 1. The standard InChI is InChI=1S/C31H27NO5/c1-3-17-8-10-18(11-9-17)32-30(36)21-13-12-19-22(27(21)31(32)37)15-23-28(25(34)14-16(2)29(23)35)26(19)20-6-4-5-7-24(20)33/h4-12,14,21-22,26-27,33H,3,13,15H2,1-2H3/t21-,22+,26+,27-/m0/s1. The van der Waals surface area contributed by atoms with E-state index in [1.165, 1.54) is 11.0 Å². The number of phenolic OH excluding ortho intramolecular Hbond substituents is 1. The van der Waals surface area contributed by atoms with Gasteiger partial charge in [0.05, 0.1) is 17.5 Å². The lowest BCUT2D eigenvalue weighted by Crippen LogP contribution is -2.39. The number of amides is 2. The molecule has 1 saturated heterocycles. The number of benzene rings is 2. The number of rotatable bonds is 3. The first-order chi connectivity index (χ1) is 17.8. The Morgan fingerprint density at radius 3 is 2.38 bits per heavy atom. The molecule has 0 saturated carbocycles. The number of allylic oxidation sites excluding steroid dienone is 6. The SMILES string of the molecule is CCc1ccc(N2C(=O)[C@H]3[C@H](CC=C4[C@H](c5ccccc5O)C5=C(C[C@H]43)C(=O)C(C)=CC5=O)C2=O)cc1. The summed E-state index contributed by atoms with van der Waals surface area (Å²) in [7, 11) is 0. The molecule has 3 aliphatic carbocycles. The van der Waals surface area contributed by atoms with Crippen molar-refractivity contribution in [3.05, 3.63) is 94.1 Å². The molecular weight excluding hydrogens is 466 g/mol. The van der Waals surface area contributed by atoms with Gasteiger partial charge < -0.3 is 5.11 Å². The van der Waals surface area contributed by atoms with Crippen LogP contribution in [0.4, 0.5) is 5.69 Å². The topological polar surface area (TPSA) is 91.8 Å². The van der Waals surface area contributed by atoms with Crippen molar-refractivity contribution in [2.45, 2.75) is 39.0 Å². The van der Waals surface area contributed by atoms with Gasteiger partial charge >= 0.3 is 0 Å². The molecule has 6 rings (SSSR count). The summed E-state index contributed by atoms with van der Waals surface area (Å²) >= 11 is 0. The number of hydrogen-bond acceptors (Lipinski definition) is 5. The summed E-state index contributed by atoms with van der Waals surface area (Å²) in [6.45, 7) is 3.67. The largest absolute Gasteiger partial charge is 0.508 e. The summed E-state index contributed by atoms with van der Waals surface area (Å²) in [5.41, 5.74) is 4.17. The van der Waals surface area contributed by atoms with Gasteiger partial charge in [0.1, 0.15) is 5.75 Å². The number of aryl methyl sites for hydroxylation is 1. The first kappa shape index (κ1) is 23.3. The van der Waals surface area contributed by atoms with Gasteiger partial charge in [-0.3, -0.25) is 24.1 Å². The molecule has 0 unspecified atom stereocenters. The van der Waals surface area contributed by atoms with E-state index >= 15 is 0 Å². The Morgan fingerprint density at radius 1 is 0.946 bits per heavy atom. The number of imide groups is 1. The Labute approximate surface area is 215 Å². The second-order valence-electron chi connectivity index (χ2n) is 10.3. The Bertz CT molecular complexity index is 1480. The average molecular weight is 494 g/mol. The summed E-state index contributed by atoms with van der Waals surface area (Å²) in [4.78, 5) is 55.3. The number of phenols is 1. The van der Waals surface area contributed by atoms with Crippen molar-refractivity contribution >= 4 is 29.1 Å². The Kier molecular flexibility index (Phi) is 5.37. The minimum absolute atomic E-state index is 0.0287. The van der Waals surface area contributed by atoms with Crippen molar-refractivity contribution < 1.29 is 24.3 Å². The lowest BCUT2D eigenvalue weighted by atomic mass is 9.59. The minimum atomic E-state index is -0.641. The fourth-order valence-corrected chi connectivity index (χ4v) is 6.60. The van der Waals surface area contributed by atoms with Gasteiger partial charge in [-0.05, 0) is 61.9 Å². The van der Waals surface area contributed by atoms with Crippen LogP contribution in [0.25, 0.3) is 0 Å². The molecule has 186 valence electrons. The molecule has 37 heavy (non-hydrogen) atoms. The monoisotopic (exact) mass is 493 g/mol. The Hall–Kier alpha value is -4.06. The van der Waals surface area contributed by atoms with Crippen LogP contribution in [0.3, 0.4) is 0 Å². The van der Waals surface area contributed by atoms with E-state index in [9.17, 15) is 24.3 Å². The van der Waals surface area contributed by atoms with Gasteiger partial charge in [-0.25, -0.2) is 0 Å². The molecule has 0 spiro atoms. The normalized spacial score (nSPS) is 27.0. The zero-order chi connectivity index (χ0) is 26.0. The van der Waals surface area contributed by atoms with Crippen LogP contribution in [-0.4, -0.2) is 28.5 Å². The van der Waals surface area contributed by atoms with Crippen LogP contribution in [-0.2, 0) is 25.6 Å². The molecule has 0 bridgehead atoms. The molecule has 6 nitrogen and oxygen atoms in total. The highest BCUT2D eigenvalue weighted by Crippen LogP contribution is 2.56. The maximum atomic E-state index is 13.9. The number of carbonyl (C=O) groups excluding carboxylic acids is 4. The van der Waals surface area contributed by atoms with Gasteiger partial charge in [0.2, 0.25) is 11.8 Å². The lowest BCUT2D eigenvalue weighted by molar-refractivity contribution is -0.123. The number of carbonyl (C=O) groups is 4. The number of fused-ring (bicyclic) bond motifs is 3. The van der Waals surface area contributed by atoms with Crippen LogP contribution in [0.1, 0.15) is 43.7 Å². The molecule has 1 fully saturated rings. The molecule has 4 atom stereocenters. The van der Waals surface area contributed by atoms with Crippen LogP contribution < -0.4 is 4.90 Å². The summed E-state index contributed by atoms with van der Waals surface area (Å²) in [5.74, 6) is -3.12. The van der Waals surface area contributed by atoms with Crippen LogP contribution in [0.2, 0.25) is 0 Å². The summed E-state index contributed by atoms with van der Waals surface area (Å²) < 4.78 is 0. The molecule has 0 aromatic heterocycles. The number of anilines is 1. The maximum Gasteiger partial charge on any atom is 0.238 e. The zero-order valence-electron chi connectivity index (χ0n) is 20.7. The van der Waals surface area contributed by atoms with Crippen molar-refractivity contribution in [1.82, 2.24) is 0 Å². The summed E-state index contributed by atoms with van der Waals surface area (Å²) in [5, 5.41) is 10.8. The number of Topliss-reactive ketones (excluding diaryl/α,β-unsaturated/α-hetero) is 1. The highest BCUT2D eigenvalue weighted by atomic mass is 16.3. The molecule has 0 radical (unpaired) electrons. The number of ketones is 2. The smallest absolute Gasteiger partial charge is 0.238 e. The molecular formula is C31H27NO5. The third-order valence-corrected chi connectivity index (χ3v) is 8.41. The van der Waals surface area contributed by atoms with Crippen molar-refractivity contribution in [1.29, 1.82) is 0 Å². The molecule has 4 aliphatic rings. The molecule has 1 heterocycles. The Morgan fingerprint density at radius 2 is 1.68 bits per heavy atom. The van der Waals surface area contributed by atoms with E-state index in [1.807, 2.05) is 37.3 Å². The van der Waals surface area contributed by atoms with E-state index in [-0.39, 0.29) is 35.6 Å². The first-order valence-corrected chi connectivity index (χ1v) is 12.8. The predicted molar refractivity (Wildman–Crippen MR) is 138 cm³/mol. The van der Waals surface area contributed by atoms with Gasteiger partial charge in [-0.1, -0.05) is 48.9 Å². The zero-order valence-corrected chi connectivity index (χ0v) is 20.7. The second-order valence-corrected chi connectivity index (χ2v) is 10.3. The minimum Gasteiger partial charge on any atom is -0.508 e. The second kappa shape index (κ2) is 8.51. The molecule has 6 heteroatoms. The maximum absolute atomic E-state index is 13.9. The molecule has 1 aliphatic heterocycles. The highest BCUT2D eigenvalue weighted by molar-refractivity contribution is 6.25. The fourth-order valence-electron chi connectivity index (χ4n) is 6.60. The molecule has 2 aromatic rings.